The number of carbonyl (C=O) groups is 2. The first-order valence-electron chi connectivity index (χ1n) is 12.8. The molecule has 2 saturated heterocycles. The zero-order valence-corrected chi connectivity index (χ0v) is 20.6. The summed E-state index contributed by atoms with van der Waals surface area (Å²) >= 11 is 0. The summed E-state index contributed by atoms with van der Waals surface area (Å²) < 4.78 is 5.17. The molecule has 7 nitrogen and oxygen atoms in total. The van der Waals surface area contributed by atoms with E-state index in [1.54, 1.807) is 0 Å². The van der Waals surface area contributed by atoms with Crippen molar-refractivity contribution in [2.45, 2.75) is 64.5 Å². The molecule has 182 valence electrons. The van der Waals surface area contributed by atoms with Crippen LogP contribution in [0.1, 0.15) is 57.6 Å². The summed E-state index contributed by atoms with van der Waals surface area (Å²) in [5.74, 6) is 0. The first-order chi connectivity index (χ1) is 16.0. The number of amides is 3. The third kappa shape index (κ3) is 4.84. The third-order valence-corrected chi connectivity index (χ3v) is 8.01. The van der Waals surface area contributed by atoms with E-state index in [2.05, 4.69) is 47.9 Å². The lowest BCUT2D eigenvalue weighted by Gasteiger charge is -2.51. The highest BCUT2D eigenvalue weighted by Crippen LogP contribution is 2.42. The number of fused-ring (bicyclic) bond motifs is 2. The molecular formula is C26H40N4O3. The van der Waals surface area contributed by atoms with Crippen molar-refractivity contribution in [3.63, 3.8) is 0 Å². The molecule has 0 radical (unpaired) electrons. The summed E-state index contributed by atoms with van der Waals surface area (Å²) in [5.41, 5.74) is 2.80. The van der Waals surface area contributed by atoms with Crippen LogP contribution in [-0.2, 0) is 16.7 Å². The quantitative estimate of drug-likeness (QED) is 0.689. The number of hydrogen-bond donors (Lipinski definition) is 0. The van der Waals surface area contributed by atoms with E-state index in [4.69, 9.17) is 4.74 Å². The standard InChI is InChI=1S/C26H40N4O3/c1-4-27(5-2)24(31)30-19-21-9-7-8-10-23(21)26(20-30)13-17-28(18-14-26)22-11-15-29(16-12-22)25(32)33-6-3/h7-10,22H,4-6,11-20H2,1-3H3. The van der Waals surface area contributed by atoms with Crippen LogP contribution in [0.15, 0.2) is 24.3 Å². The Labute approximate surface area is 198 Å². The fourth-order valence-electron chi connectivity index (χ4n) is 6.09. The zero-order valence-electron chi connectivity index (χ0n) is 20.6. The Hall–Kier alpha value is -2.28. The van der Waals surface area contributed by atoms with Gasteiger partial charge in [0.2, 0.25) is 0 Å². The van der Waals surface area contributed by atoms with E-state index in [0.717, 1.165) is 71.5 Å². The normalized spacial score (nSPS) is 21.1. The van der Waals surface area contributed by atoms with Crippen molar-refractivity contribution in [3.05, 3.63) is 35.4 Å². The highest BCUT2D eigenvalue weighted by molar-refractivity contribution is 5.75. The summed E-state index contributed by atoms with van der Waals surface area (Å²) in [4.78, 5) is 33.8. The van der Waals surface area contributed by atoms with Gasteiger partial charge in [0.05, 0.1) is 6.61 Å². The smallest absolute Gasteiger partial charge is 0.409 e. The molecule has 3 aliphatic rings. The van der Waals surface area contributed by atoms with Crippen LogP contribution in [0, 0.1) is 0 Å². The third-order valence-electron chi connectivity index (χ3n) is 8.01. The Morgan fingerprint density at radius 3 is 2.30 bits per heavy atom. The second kappa shape index (κ2) is 10.3. The van der Waals surface area contributed by atoms with Crippen LogP contribution in [-0.4, -0.2) is 90.2 Å². The van der Waals surface area contributed by atoms with Crippen LogP contribution in [0.4, 0.5) is 9.59 Å². The molecule has 3 heterocycles. The molecule has 0 aromatic heterocycles. The molecule has 0 atom stereocenters. The maximum Gasteiger partial charge on any atom is 0.409 e. The summed E-state index contributed by atoms with van der Waals surface area (Å²) in [5, 5.41) is 0. The predicted molar refractivity (Wildman–Crippen MR) is 129 cm³/mol. The number of urea groups is 1. The Morgan fingerprint density at radius 2 is 1.67 bits per heavy atom. The Bertz CT molecular complexity index is 825. The number of ether oxygens (including phenoxy) is 1. The second-order valence-electron chi connectivity index (χ2n) is 9.70. The van der Waals surface area contributed by atoms with Crippen molar-refractivity contribution in [1.82, 2.24) is 19.6 Å². The molecule has 0 bridgehead atoms. The molecule has 0 unspecified atom stereocenters. The topological polar surface area (TPSA) is 56.3 Å². The molecule has 1 spiro atoms. The molecule has 2 fully saturated rings. The molecule has 0 aliphatic carbocycles. The molecule has 3 amide bonds. The van der Waals surface area contributed by atoms with Gasteiger partial charge in [0.25, 0.3) is 0 Å². The van der Waals surface area contributed by atoms with Crippen molar-refractivity contribution < 1.29 is 14.3 Å². The van der Waals surface area contributed by atoms with Gasteiger partial charge < -0.3 is 24.3 Å². The van der Waals surface area contributed by atoms with Crippen LogP contribution in [0.2, 0.25) is 0 Å². The average Bonchev–Trinajstić information content (AvgIpc) is 2.85. The van der Waals surface area contributed by atoms with Crippen molar-refractivity contribution in [3.8, 4) is 0 Å². The molecule has 1 aromatic rings. The van der Waals surface area contributed by atoms with Gasteiger partial charge in [0, 0.05) is 50.7 Å². The van der Waals surface area contributed by atoms with E-state index in [0.29, 0.717) is 19.2 Å². The van der Waals surface area contributed by atoms with Gasteiger partial charge in [-0.3, -0.25) is 0 Å². The number of likely N-dealkylation sites (tertiary alicyclic amines) is 2. The molecule has 3 aliphatic heterocycles. The minimum Gasteiger partial charge on any atom is -0.450 e. The lowest BCUT2D eigenvalue weighted by atomic mass is 9.68. The van der Waals surface area contributed by atoms with Gasteiger partial charge in [-0.15, -0.1) is 0 Å². The number of nitrogens with zero attached hydrogens (tertiary/aromatic N) is 4. The lowest BCUT2D eigenvalue weighted by molar-refractivity contribution is 0.0448. The highest BCUT2D eigenvalue weighted by atomic mass is 16.6. The Balaban J connectivity index is 1.43. The predicted octanol–water partition coefficient (Wildman–Crippen LogP) is 3.92. The van der Waals surface area contributed by atoms with E-state index in [1.165, 1.54) is 11.1 Å². The van der Waals surface area contributed by atoms with Crippen molar-refractivity contribution in [2.75, 3.05) is 52.4 Å². The zero-order chi connectivity index (χ0) is 23.4. The largest absolute Gasteiger partial charge is 0.450 e. The maximum atomic E-state index is 13.2. The number of rotatable bonds is 4. The molecule has 7 heteroatoms. The SMILES string of the molecule is CCOC(=O)N1CCC(N2CCC3(CC2)CN(C(=O)N(CC)CC)Cc2ccccc23)CC1. The Kier molecular flexibility index (Phi) is 7.47. The van der Waals surface area contributed by atoms with Crippen molar-refractivity contribution >= 4 is 12.1 Å². The minimum atomic E-state index is -0.176. The minimum absolute atomic E-state index is 0.0415. The first kappa shape index (κ1) is 23.9. The Morgan fingerprint density at radius 1 is 1.00 bits per heavy atom. The summed E-state index contributed by atoms with van der Waals surface area (Å²) in [6, 6.07) is 9.45. The van der Waals surface area contributed by atoms with E-state index in [-0.39, 0.29) is 17.5 Å². The van der Waals surface area contributed by atoms with Crippen LogP contribution in [0.25, 0.3) is 0 Å². The van der Waals surface area contributed by atoms with Gasteiger partial charge in [-0.05, 0) is 70.7 Å². The van der Waals surface area contributed by atoms with Gasteiger partial charge in [0.15, 0.2) is 0 Å². The summed E-state index contributed by atoms with van der Waals surface area (Å²) in [6.45, 7) is 13.1. The van der Waals surface area contributed by atoms with E-state index >= 15 is 0 Å². The van der Waals surface area contributed by atoms with Crippen LogP contribution >= 0.6 is 0 Å². The van der Waals surface area contributed by atoms with E-state index in [9.17, 15) is 9.59 Å². The van der Waals surface area contributed by atoms with Gasteiger partial charge in [0.1, 0.15) is 0 Å². The number of piperidine rings is 2. The number of carbonyl (C=O) groups excluding carboxylic acids is 2. The second-order valence-corrected chi connectivity index (χ2v) is 9.70. The van der Waals surface area contributed by atoms with Crippen LogP contribution < -0.4 is 0 Å². The molecule has 0 saturated carbocycles. The number of hydrogen-bond acceptors (Lipinski definition) is 4. The van der Waals surface area contributed by atoms with Gasteiger partial charge in [-0.25, -0.2) is 9.59 Å². The van der Waals surface area contributed by atoms with E-state index < -0.39 is 0 Å². The van der Waals surface area contributed by atoms with E-state index in [1.807, 2.05) is 16.7 Å². The fraction of sp³-hybridized carbons (Fsp3) is 0.692. The van der Waals surface area contributed by atoms with Crippen molar-refractivity contribution in [1.29, 1.82) is 0 Å². The average molecular weight is 457 g/mol. The maximum absolute atomic E-state index is 13.2. The highest BCUT2D eigenvalue weighted by Gasteiger charge is 2.44. The monoisotopic (exact) mass is 456 g/mol. The fourth-order valence-corrected chi connectivity index (χ4v) is 6.09. The lowest BCUT2D eigenvalue weighted by Crippen LogP contribution is -2.57. The van der Waals surface area contributed by atoms with Gasteiger partial charge in [-0.2, -0.15) is 0 Å². The summed E-state index contributed by atoms with van der Waals surface area (Å²) in [7, 11) is 0. The molecule has 1 aromatic carbocycles. The molecule has 33 heavy (non-hydrogen) atoms. The van der Waals surface area contributed by atoms with Gasteiger partial charge in [-0.1, -0.05) is 24.3 Å². The van der Waals surface area contributed by atoms with Crippen LogP contribution in [0.3, 0.4) is 0 Å². The number of benzene rings is 1. The first-order valence-corrected chi connectivity index (χ1v) is 12.8. The van der Waals surface area contributed by atoms with Gasteiger partial charge >= 0.3 is 12.1 Å². The molecular weight excluding hydrogens is 416 g/mol. The molecule has 4 rings (SSSR count). The van der Waals surface area contributed by atoms with Crippen LogP contribution in [0.5, 0.6) is 0 Å². The summed E-state index contributed by atoms with van der Waals surface area (Å²) in [6.07, 6.45) is 3.99. The van der Waals surface area contributed by atoms with Crippen molar-refractivity contribution in [2.24, 2.45) is 0 Å². The molecule has 0 N–H and O–H groups in total.